The molecule has 0 spiro atoms. The van der Waals surface area contributed by atoms with E-state index in [1.54, 1.807) is 11.3 Å². The third-order valence-electron chi connectivity index (χ3n) is 5.91. The third kappa shape index (κ3) is 4.45. The summed E-state index contributed by atoms with van der Waals surface area (Å²) >= 11 is 1.73. The number of hydrogen-bond donors (Lipinski definition) is 1. The van der Waals surface area contributed by atoms with Gasteiger partial charge < -0.3 is 10.2 Å². The van der Waals surface area contributed by atoms with E-state index in [0.29, 0.717) is 0 Å². The maximum atomic E-state index is 12.8. The van der Waals surface area contributed by atoms with Crippen molar-refractivity contribution < 1.29 is 4.79 Å². The van der Waals surface area contributed by atoms with Gasteiger partial charge in [0.25, 0.3) is 5.91 Å². The van der Waals surface area contributed by atoms with E-state index in [2.05, 4.69) is 51.6 Å². The number of fused-ring (bicyclic) bond motifs is 1. The normalized spacial score (nSPS) is 20.7. The number of aromatic nitrogens is 1. The molecule has 2 aliphatic rings. The number of carbonyl (C=O) groups excluding carboxylic acids is 1. The van der Waals surface area contributed by atoms with Crippen LogP contribution in [0.1, 0.15) is 51.8 Å². The summed E-state index contributed by atoms with van der Waals surface area (Å²) in [5, 5.41) is 5.33. The van der Waals surface area contributed by atoms with Crippen molar-refractivity contribution in [2.45, 2.75) is 51.7 Å². The van der Waals surface area contributed by atoms with Crippen LogP contribution in [0.4, 0.5) is 0 Å². The van der Waals surface area contributed by atoms with Crippen molar-refractivity contribution in [2.24, 2.45) is 0 Å². The maximum absolute atomic E-state index is 12.8. The highest BCUT2D eigenvalue weighted by Gasteiger charge is 2.26. The fraction of sp³-hybridized carbons (Fsp3) is 0.545. The van der Waals surface area contributed by atoms with Crippen molar-refractivity contribution >= 4 is 17.2 Å². The molecule has 1 N–H and O–H groups in total. The first kappa shape index (κ1) is 19.6. The van der Waals surface area contributed by atoms with Gasteiger partial charge in [-0.25, -0.2) is 0 Å². The summed E-state index contributed by atoms with van der Waals surface area (Å²) in [6.45, 7) is 7.00. The van der Waals surface area contributed by atoms with E-state index in [4.69, 9.17) is 0 Å². The highest BCUT2D eigenvalue weighted by atomic mass is 32.1. The van der Waals surface area contributed by atoms with Crippen molar-refractivity contribution in [3.63, 3.8) is 0 Å². The fourth-order valence-electron chi connectivity index (χ4n) is 4.24. The summed E-state index contributed by atoms with van der Waals surface area (Å²) in [6, 6.07) is 4.59. The standard InChI is InChI=1S/C22H30N4OS/c1-3-16-6-7-17(23-11-16)13-26-10-8-19-20(15-28-21(19)14-26)22(27)24-18-5-4-9-25(2)12-18/h6-7,11,15,18H,3-5,8-10,12-14H2,1-2H3,(H,24,27)/t18-/m0/s1. The Bertz CT molecular complexity index is 816. The van der Waals surface area contributed by atoms with Crippen molar-refractivity contribution in [1.29, 1.82) is 0 Å². The highest BCUT2D eigenvalue weighted by Crippen LogP contribution is 2.29. The second-order valence-electron chi connectivity index (χ2n) is 8.10. The average molecular weight is 399 g/mol. The number of aryl methyl sites for hydroxylation is 1. The van der Waals surface area contributed by atoms with Gasteiger partial charge in [-0.05, 0) is 56.5 Å². The lowest BCUT2D eigenvalue weighted by Crippen LogP contribution is -2.46. The van der Waals surface area contributed by atoms with Crippen molar-refractivity contribution in [1.82, 2.24) is 20.1 Å². The minimum Gasteiger partial charge on any atom is -0.348 e. The Morgan fingerprint density at radius 2 is 2.25 bits per heavy atom. The molecule has 28 heavy (non-hydrogen) atoms. The van der Waals surface area contributed by atoms with Crippen LogP contribution in [-0.2, 0) is 25.9 Å². The van der Waals surface area contributed by atoms with Crippen LogP contribution in [0.25, 0.3) is 0 Å². The number of amides is 1. The minimum absolute atomic E-state index is 0.114. The predicted molar refractivity (Wildman–Crippen MR) is 114 cm³/mol. The molecule has 0 saturated carbocycles. The Hall–Kier alpha value is -1.76. The van der Waals surface area contributed by atoms with E-state index in [1.807, 2.05) is 6.20 Å². The van der Waals surface area contributed by atoms with E-state index in [-0.39, 0.29) is 11.9 Å². The maximum Gasteiger partial charge on any atom is 0.252 e. The van der Waals surface area contributed by atoms with Gasteiger partial charge in [-0.3, -0.25) is 14.7 Å². The summed E-state index contributed by atoms with van der Waals surface area (Å²) < 4.78 is 0. The van der Waals surface area contributed by atoms with Gasteiger partial charge in [0.15, 0.2) is 0 Å². The monoisotopic (exact) mass is 398 g/mol. The lowest BCUT2D eigenvalue weighted by molar-refractivity contribution is 0.0911. The van der Waals surface area contributed by atoms with Crippen LogP contribution in [0, 0.1) is 0 Å². The fourth-order valence-corrected chi connectivity index (χ4v) is 5.36. The average Bonchev–Trinajstić information content (AvgIpc) is 3.12. The van der Waals surface area contributed by atoms with Crippen molar-refractivity contribution in [3.8, 4) is 0 Å². The summed E-state index contributed by atoms with van der Waals surface area (Å²) in [5.74, 6) is 0.114. The number of rotatable bonds is 5. The summed E-state index contributed by atoms with van der Waals surface area (Å²) in [6.07, 6.45) is 6.20. The molecule has 2 aromatic heterocycles. The first-order chi connectivity index (χ1) is 13.6. The van der Waals surface area contributed by atoms with E-state index >= 15 is 0 Å². The Balaban J connectivity index is 1.37. The Morgan fingerprint density at radius 3 is 3.00 bits per heavy atom. The second kappa shape index (κ2) is 8.72. The molecule has 1 atom stereocenters. The molecular weight excluding hydrogens is 368 g/mol. The molecule has 0 aliphatic carbocycles. The Labute approximate surface area is 171 Å². The molecular formula is C22H30N4OS. The van der Waals surface area contributed by atoms with Crippen LogP contribution in [0.15, 0.2) is 23.7 Å². The van der Waals surface area contributed by atoms with Gasteiger partial charge in [0.05, 0.1) is 11.3 Å². The van der Waals surface area contributed by atoms with Crippen LogP contribution in [0.2, 0.25) is 0 Å². The number of piperidine rings is 1. The molecule has 2 aliphatic heterocycles. The number of pyridine rings is 1. The van der Waals surface area contributed by atoms with Crippen molar-refractivity contribution in [3.05, 3.63) is 51.0 Å². The summed E-state index contributed by atoms with van der Waals surface area (Å²) in [5.41, 5.74) is 4.56. The van der Waals surface area contributed by atoms with Gasteiger partial charge in [0, 0.05) is 48.7 Å². The van der Waals surface area contributed by atoms with Crippen LogP contribution in [0.3, 0.4) is 0 Å². The number of likely N-dealkylation sites (N-methyl/N-ethyl adjacent to an activating group) is 1. The van der Waals surface area contributed by atoms with E-state index < -0.39 is 0 Å². The quantitative estimate of drug-likeness (QED) is 0.841. The molecule has 4 heterocycles. The highest BCUT2D eigenvalue weighted by molar-refractivity contribution is 7.10. The molecule has 1 amide bonds. The first-order valence-electron chi connectivity index (χ1n) is 10.4. The van der Waals surface area contributed by atoms with Gasteiger partial charge >= 0.3 is 0 Å². The first-order valence-corrected chi connectivity index (χ1v) is 11.2. The topological polar surface area (TPSA) is 48.5 Å². The van der Waals surface area contributed by atoms with E-state index in [0.717, 1.165) is 69.7 Å². The molecule has 5 nitrogen and oxygen atoms in total. The van der Waals surface area contributed by atoms with E-state index in [1.165, 1.54) is 16.0 Å². The lowest BCUT2D eigenvalue weighted by atomic mass is 10.0. The van der Waals surface area contributed by atoms with Gasteiger partial charge in [-0.15, -0.1) is 11.3 Å². The van der Waals surface area contributed by atoms with Crippen LogP contribution >= 0.6 is 11.3 Å². The zero-order valence-corrected chi connectivity index (χ0v) is 17.7. The third-order valence-corrected chi connectivity index (χ3v) is 6.92. The number of nitrogens with zero attached hydrogens (tertiary/aromatic N) is 3. The van der Waals surface area contributed by atoms with Crippen molar-refractivity contribution in [2.75, 3.05) is 26.7 Å². The Kier molecular flexibility index (Phi) is 6.09. The molecule has 1 saturated heterocycles. The molecule has 1 fully saturated rings. The number of hydrogen-bond acceptors (Lipinski definition) is 5. The number of likely N-dealkylation sites (tertiary alicyclic amines) is 1. The molecule has 4 rings (SSSR count). The predicted octanol–water partition coefficient (Wildman–Crippen LogP) is 3.09. The Morgan fingerprint density at radius 1 is 1.36 bits per heavy atom. The largest absolute Gasteiger partial charge is 0.348 e. The summed E-state index contributed by atoms with van der Waals surface area (Å²) in [7, 11) is 2.13. The van der Waals surface area contributed by atoms with Crippen LogP contribution in [0.5, 0.6) is 0 Å². The molecule has 0 aromatic carbocycles. The molecule has 0 radical (unpaired) electrons. The zero-order chi connectivity index (χ0) is 19.5. The van der Waals surface area contributed by atoms with Crippen LogP contribution in [-0.4, -0.2) is 53.4 Å². The smallest absolute Gasteiger partial charge is 0.252 e. The van der Waals surface area contributed by atoms with Crippen LogP contribution < -0.4 is 5.32 Å². The van der Waals surface area contributed by atoms with Gasteiger partial charge in [0.2, 0.25) is 0 Å². The van der Waals surface area contributed by atoms with E-state index in [9.17, 15) is 4.79 Å². The number of thiophene rings is 1. The minimum atomic E-state index is 0.114. The van der Waals surface area contributed by atoms with Gasteiger partial charge in [-0.1, -0.05) is 13.0 Å². The van der Waals surface area contributed by atoms with Gasteiger partial charge in [0.1, 0.15) is 0 Å². The van der Waals surface area contributed by atoms with Gasteiger partial charge in [-0.2, -0.15) is 0 Å². The zero-order valence-electron chi connectivity index (χ0n) is 16.9. The molecule has 0 bridgehead atoms. The number of carbonyl (C=O) groups is 1. The number of nitrogens with one attached hydrogen (secondary N) is 1. The lowest BCUT2D eigenvalue weighted by Gasteiger charge is -2.30. The second-order valence-corrected chi connectivity index (χ2v) is 9.06. The summed E-state index contributed by atoms with van der Waals surface area (Å²) in [4.78, 5) is 23.5. The molecule has 150 valence electrons. The SMILES string of the molecule is CCc1ccc(CN2CCc3c(C(=O)N[C@H]4CCCN(C)C4)csc3C2)nc1. The molecule has 0 unspecified atom stereocenters. The molecule has 2 aromatic rings. The molecule has 6 heteroatoms.